The van der Waals surface area contributed by atoms with Gasteiger partial charge in [0, 0.05) is 11.5 Å². The molecule has 0 spiro atoms. The van der Waals surface area contributed by atoms with E-state index in [1.807, 2.05) is 25.1 Å². The van der Waals surface area contributed by atoms with Gasteiger partial charge in [-0.1, -0.05) is 11.6 Å². The normalized spacial score (nSPS) is 10.5. The molecule has 0 atom stereocenters. The summed E-state index contributed by atoms with van der Waals surface area (Å²) in [7, 11) is 3.02. The molecule has 0 unspecified atom stereocenters. The van der Waals surface area contributed by atoms with Gasteiger partial charge < -0.3 is 19.5 Å². The number of rotatable bonds is 6. The van der Waals surface area contributed by atoms with Crippen LogP contribution in [0.3, 0.4) is 0 Å². The predicted molar refractivity (Wildman–Crippen MR) is 110 cm³/mol. The molecule has 7 heteroatoms. The third kappa shape index (κ3) is 4.63. The lowest BCUT2D eigenvalue weighted by molar-refractivity contribution is -0.119. The number of aromatic nitrogens is 1. The maximum Gasteiger partial charge on any atom is 0.340 e. The van der Waals surface area contributed by atoms with Crippen LogP contribution in [-0.2, 0) is 9.53 Å². The molecule has 0 saturated heterocycles. The van der Waals surface area contributed by atoms with Crippen LogP contribution in [0.25, 0.3) is 10.9 Å². The van der Waals surface area contributed by atoms with Crippen molar-refractivity contribution in [3.63, 3.8) is 0 Å². The number of anilines is 1. The molecule has 0 aliphatic heterocycles. The SMILES string of the molecule is COc1ccc(OC)c(NC(=O)COC(=O)c2cc3cc(C)ccc3nc2C)c1. The summed E-state index contributed by atoms with van der Waals surface area (Å²) in [6, 6.07) is 12.6. The van der Waals surface area contributed by atoms with Crippen LogP contribution in [0.15, 0.2) is 42.5 Å². The molecule has 29 heavy (non-hydrogen) atoms. The second-order valence-corrected chi connectivity index (χ2v) is 6.51. The Morgan fingerprint density at radius 1 is 1.00 bits per heavy atom. The zero-order valence-electron chi connectivity index (χ0n) is 16.7. The summed E-state index contributed by atoms with van der Waals surface area (Å²) in [5.74, 6) is -0.0695. The minimum absolute atomic E-state index is 0.329. The first-order valence-electron chi connectivity index (χ1n) is 8.98. The zero-order valence-corrected chi connectivity index (χ0v) is 16.7. The van der Waals surface area contributed by atoms with Gasteiger partial charge in [-0.15, -0.1) is 0 Å². The summed E-state index contributed by atoms with van der Waals surface area (Å²) in [4.78, 5) is 29.2. The van der Waals surface area contributed by atoms with E-state index in [1.165, 1.54) is 14.2 Å². The van der Waals surface area contributed by atoms with Crippen molar-refractivity contribution in [1.29, 1.82) is 0 Å². The highest BCUT2D eigenvalue weighted by molar-refractivity contribution is 5.98. The second-order valence-electron chi connectivity index (χ2n) is 6.51. The molecule has 0 aliphatic rings. The van der Waals surface area contributed by atoms with Crippen LogP contribution in [0.5, 0.6) is 11.5 Å². The van der Waals surface area contributed by atoms with Gasteiger partial charge in [-0.2, -0.15) is 0 Å². The van der Waals surface area contributed by atoms with Crippen LogP contribution < -0.4 is 14.8 Å². The highest BCUT2D eigenvalue weighted by Crippen LogP contribution is 2.28. The molecule has 1 N–H and O–H groups in total. The number of ether oxygens (including phenoxy) is 3. The summed E-state index contributed by atoms with van der Waals surface area (Å²) in [6.07, 6.45) is 0. The molecule has 1 amide bonds. The first-order chi connectivity index (χ1) is 13.9. The van der Waals surface area contributed by atoms with Gasteiger partial charge in [-0.25, -0.2) is 4.79 Å². The zero-order chi connectivity index (χ0) is 21.0. The maximum absolute atomic E-state index is 12.5. The van der Waals surface area contributed by atoms with Gasteiger partial charge in [0.25, 0.3) is 5.91 Å². The number of aryl methyl sites for hydroxylation is 2. The Bertz CT molecular complexity index is 1080. The van der Waals surface area contributed by atoms with Crippen molar-refractivity contribution >= 4 is 28.5 Å². The van der Waals surface area contributed by atoms with Crippen molar-refractivity contribution in [2.45, 2.75) is 13.8 Å². The van der Waals surface area contributed by atoms with E-state index in [0.29, 0.717) is 28.4 Å². The topological polar surface area (TPSA) is 86.8 Å². The molecule has 150 valence electrons. The van der Waals surface area contributed by atoms with Crippen LogP contribution >= 0.6 is 0 Å². The Hall–Kier alpha value is -3.61. The number of hydrogen-bond acceptors (Lipinski definition) is 6. The van der Waals surface area contributed by atoms with Gasteiger partial charge in [0.05, 0.1) is 36.7 Å². The smallest absolute Gasteiger partial charge is 0.340 e. The number of nitrogens with zero attached hydrogens (tertiary/aromatic N) is 1. The Labute approximate surface area is 168 Å². The Morgan fingerprint density at radius 3 is 2.52 bits per heavy atom. The van der Waals surface area contributed by atoms with Gasteiger partial charge in [-0.05, 0) is 44.2 Å². The molecule has 3 aromatic rings. The standard InChI is InChI=1S/C22H22N2O5/c1-13-5-7-18-15(9-13)10-17(14(2)23-18)22(26)29-12-21(25)24-19-11-16(27-3)6-8-20(19)28-4/h5-11H,12H2,1-4H3,(H,24,25). The van der Waals surface area contributed by atoms with Gasteiger partial charge >= 0.3 is 5.97 Å². The Kier molecular flexibility index (Phi) is 5.97. The quantitative estimate of drug-likeness (QED) is 0.642. The highest BCUT2D eigenvalue weighted by atomic mass is 16.5. The lowest BCUT2D eigenvalue weighted by Crippen LogP contribution is -2.21. The molecule has 0 bridgehead atoms. The van der Waals surface area contributed by atoms with Crippen LogP contribution in [0.4, 0.5) is 5.69 Å². The fourth-order valence-electron chi connectivity index (χ4n) is 2.91. The molecule has 0 saturated carbocycles. The molecule has 0 fully saturated rings. The van der Waals surface area contributed by atoms with E-state index in [9.17, 15) is 9.59 Å². The summed E-state index contributed by atoms with van der Waals surface area (Å²) in [6.45, 7) is 3.26. The number of nitrogens with one attached hydrogen (secondary N) is 1. The summed E-state index contributed by atoms with van der Waals surface area (Å²) in [5.41, 5.74) is 3.16. The second kappa shape index (κ2) is 8.60. The van der Waals surface area contributed by atoms with E-state index in [1.54, 1.807) is 31.2 Å². The highest BCUT2D eigenvalue weighted by Gasteiger charge is 2.16. The largest absolute Gasteiger partial charge is 0.497 e. The predicted octanol–water partition coefficient (Wildman–Crippen LogP) is 3.66. The molecule has 0 aliphatic carbocycles. The molecular formula is C22H22N2O5. The Morgan fingerprint density at radius 2 is 1.79 bits per heavy atom. The van der Waals surface area contributed by atoms with E-state index in [-0.39, 0.29) is 0 Å². The molecule has 1 heterocycles. The molecule has 3 rings (SSSR count). The number of carbonyl (C=O) groups excluding carboxylic acids is 2. The lowest BCUT2D eigenvalue weighted by Gasteiger charge is -2.12. The lowest BCUT2D eigenvalue weighted by atomic mass is 10.1. The van der Waals surface area contributed by atoms with Crippen molar-refractivity contribution in [1.82, 2.24) is 4.98 Å². The van der Waals surface area contributed by atoms with Crippen LogP contribution in [0, 0.1) is 13.8 Å². The number of benzene rings is 2. The number of esters is 1. The average Bonchev–Trinajstić information content (AvgIpc) is 2.71. The van der Waals surface area contributed by atoms with Crippen molar-refractivity contribution in [2.75, 3.05) is 26.1 Å². The van der Waals surface area contributed by atoms with Crippen molar-refractivity contribution < 1.29 is 23.8 Å². The molecular weight excluding hydrogens is 372 g/mol. The van der Waals surface area contributed by atoms with E-state index < -0.39 is 18.5 Å². The Balaban J connectivity index is 1.70. The van der Waals surface area contributed by atoms with Crippen molar-refractivity contribution in [3.05, 3.63) is 59.3 Å². The average molecular weight is 394 g/mol. The fraction of sp³-hybridized carbons (Fsp3) is 0.227. The van der Waals surface area contributed by atoms with Crippen LogP contribution in [-0.4, -0.2) is 37.7 Å². The van der Waals surface area contributed by atoms with Gasteiger partial charge in [0.2, 0.25) is 0 Å². The third-order valence-corrected chi connectivity index (χ3v) is 4.40. The third-order valence-electron chi connectivity index (χ3n) is 4.40. The molecule has 1 aromatic heterocycles. The first-order valence-corrected chi connectivity index (χ1v) is 8.98. The summed E-state index contributed by atoms with van der Waals surface area (Å²) >= 11 is 0. The van der Waals surface area contributed by atoms with E-state index >= 15 is 0 Å². The van der Waals surface area contributed by atoms with E-state index in [0.717, 1.165) is 16.5 Å². The van der Waals surface area contributed by atoms with Gasteiger partial charge in [0.15, 0.2) is 6.61 Å². The number of pyridine rings is 1. The summed E-state index contributed by atoms with van der Waals surface area (Å²) < 4.78 is 15.6. The van der Waals surface area contributed by atoms with Crippen molar-refractivity contribution in [3.8, 4) is 11.5 Å². The number of amides is 1. The number of methoxy groups -OCH3 is 2. The van der Waals surface area contributed by atoms with Crippen molar-refractivity contribution in [2.24, 2.45) is 0 Å². The number of carbonyl (C=O) groups is 2. The van der Waals surface area contributed by atoms with E-state index in [4.69, 9.17) is 14.2 Å². The monoisotopic (exact) mass is 394 g/mol. The summed E-state index contributed by atoms with van der Waals surface area (Å²) in [5, 5.41) is 3.50. The number of fused-ring (bicyclic) bond motifs is 1. The van der Waals surface area contributed by atoms with Crippen LogP contribution in [0.1, 0.15) is 21.6 Å². The minimum atomic E-state index is -0.605. The molecule has 2 aromatic carbocycles. The maximum atomic E-state index is 12.5. The molecule has 0 radical (unpaired) electrons. The minimum Gasteiger partial charge on any atom is -0.497 e. The molecule has 7 nitrogen and oxygen atoms in total. The van der Waals surface area contributed by atoms with Crippen LogP contribution in [0.2, 0.25) is 0 Å². The van der Waals surface area contributed by atoms with Gasteiger partial charge in [-0.3, -0.25) is 9.78 Å². The van der Waals surface area contributed by atoms with Gasteiger partial charge in [0.1, 0.15) is 11.5 Å². The fourth-order valence-corrected chi connectivity index (χ4v) is 2.91. The van der Waals surface area contributed by atoms with E-state index in [2.05, 4.69) is 10.3 Å². The number of hydrogen-bond donors (Lipinski definition) is 1. The first kappa shape index (κ1) is 20.1.